The summed E-state index contributed by atoms with van der Waals surface area (Å²) in [4.78, 5) is 25.8. The molecule has 0 aliphatic heterocycles. The van der Waals surface area contributed by atoms with Crippen LogP contribution in [0.3, 0.4) is 0 Å². The van der Waals surface area contributed by atoms with Crippen LogP contribution in [-0.2, 0) is 4.79 Å². The molecule has 14 heavy (non-hydrogen) atoms. The molecule has 74 valence electrons. The van der Waals surface area contributed by atoms with Crippen LogP contribution >= 0.6 is 15.9 Å². The molecular formula is C9H9BrN2O2. The number of nitrogens with zero attached hydrogens (tertiary/aromatic N) is 1. The van der Waals surface area contributed by atoms with E-state index in [-0.39, 0.29) is 11.7 Å². The zero-order valence-electron chi connectivity index (χ0n) is 7.80. The summed E-state index contributed by atoms with van der Waals surface area (Å²) in [6, 6.07) is 3.14. The Morgan fingerprint density at radius 1 is 1.36 bits per heavy atom. The molecule has 5 heteroatoms. The Hall–Kier alpha value is -1.23. The van der Waals surface area contributed by atoms with Gasteiger partial charge in [0.1, 0.15) is 10.4 Å². The molecular weight excluding hydrogens is 248 g/mol. The molecule has 0 fully saturated rings. The average Bonchev–Trinajstić information content (AvgIpc) is 2.01. The van der Waals surface area contributed by atoms with Gasteiger partial charge < -0.3 is 5.32 Å². The van der Waals surface area contributed by atoms with Crippen molar-refractivity contribution in [1.82, 2.24) is 4.98 Å². The maximum atomic E-state index is 11.1. The van der Waals surface area contributed by atoms with Gasteiger partial charge in [-0.2, -0.15) is 0 Å². The summed E-state index contributed by atoms with van der Waals surface area (Å²) in [5.41, 5.74) is 0.510. The van der Waals surface area contributed by atoms with Crippen LogP contribution in [0.5, 0.6) is 0 Å². The third-order valence-electron chi connectivity index (χ3n) is 1.50. The highest BCUT2D eigenvalue weighted by molar-refractivity contribution is 9.10. The zero-order chi connectivity index (χ0) is 10.7. The second-order valence-electron chi connectivity index (χ2n) is 2.80. The van der Waals surface area contributed by atoms with Crippen molar-refractivity contribution >= 4 is 33.4 Å². The lowest BCUT2D eigenvalue weighted by Crippen LogP contribution is -2.08. The zero-order valence-corrected chi connectivity index (χ0v) is 9.38. The number of pyridine rings is 1. The fourth-order valence-corrected chi connectivity index (χ4v) is 1.38. The Kier molecular flexibility index (Phi) is 3.35. The number of hydrogen-bond donors (Lipinski definition) is 1. The summed E-state index contributed by atoms with van der Waals surface area (Å²) < 4.78 is 0.522. The van der Waals surface area contributed by atoms with E-state index >= 15 is 0 Å². The van der Waals surface area contributed by atoms with Gasteiger partial charge in [0.25, 0.3) is 0 Å². The van der Waals surface area contributed by atoms with Crippen LogP contribution in [0.4, 0.5) is 5.82 Å². The standard InChI is InChI=1S/C9H9BrN2O2/c1-5(13)7-3-8(10)12-9(4-7)11-6(2)14/h3-4H,1-2H3,(H,11,12,14). The lowest BCUT2D eigenvalue weighted by molar-refractivity contribution is -0.114. The van der Waals surface area contributed by atoms with Gasteiger partial charge in [-0.25, -0.2) is 4.98 Å². The first-order chi connectivity index (χ1) is 6.49. The predicted molar refractivity (Wildman–Crippen MR) is 56.2 cm³/mol. The van der Waals surface area contributed by atoms with Crippen molar-refractivity contribution in [3.8, 4) is 0 Å². The average molecular weight is 257 g/mol. The highest BCUT2D eigenvalue weighted by Crippen LogP contribution is 2.15. The smallest absolute Gasteiger partial charge is 0.222 e. The van der Waals surface area contributed by atoms with Gasteiger partial charge in [0.2, 0.25) is 5.91 Å². The first kappa shape index (κ1) is 10.8. The summed E-state index contributed by atoms with van der Waals surface area (Å²) in [7, 11) is 0. The minimum atomic E-state index is -0.217. The van der Waals surface area contributed by atoms with Crippen LogP contribution in [0, 0.1) is 0 Å². The van der Waals surface area contributed by atoms with Gasteiger partial charge in [0, 0.05) is 12.5 Å². The SMILES string of the molecule is CC(=O)Nc1cc(C(C)=O)cc(Br)n1. The molecule has 1 aromatic rings. The van der Waals surface area contributed by atoms with Gasteiger partial charge in [-0.15, -0.1) is 0 Å². The molecule has 0 saturated heterocycles. The van der Waals surface area contributed by atoms with E-state index in [1.807, 2.05) is 0 Å². The second kappa shape index (κ2) is 4.32. The summed E-state index contributed by atoms with van der Waals surface area (Å²) in [6.45, 7) is 2.84. The van der Waals surface area contributed by atoms with Crippen LogP contribution in [0.25, 0.3) is 0 Å². The van der Waals surface area contributed by atoms with Crippen molar-refractivity contribution in [3.05, 3.63) is 22.3 Å². The highest BCUT2D eigenvalue weighted by atomic mass is 79.9. The molecule has 0 aromatic carbocycles. The Morgan fingerprint density at radius 2 is 2.00 bits per heavy atom. The third kappa shape index (κ3) is 2.92. The maximum absolute atomic E-state index is 11.1. The Morgan fingerprint density at radius 3 is 2.50 bits per heavy atom. The van der Waals surface area contributed by atoms with E-state index in [1.165, 1.54) is 19.9 Å². The number of Topliss-reactive ketones (excluding diaryl/α,β-unsaturated/α-hetero) is 1. The molecule has 0 saturated carbocycles. The molecule has 1 N–H and O–H groups in total. The van der Waals surface area contributed by atoms with Crippen LogP contribution in [0.15, 0.2) is 16.7 Å². The van der Waals surface area contributed by atoms with Gasteiger partial charge in [0.05, 0.1) is 0 Å². The molecule has 0 spiro atoms. The van der Waals surface area contributed by atoms with Crippen molar-refractivity contribution in [2.24, 2.45) is 0 Å². The van der Waals surface area contributed by atoms with Crippen molar-refractivity contribution in [3.63, 3.8) is 0 Å². The number of aromatic nitrogens is 1. The largest absolute Gasteiger partial charge is 0.311 e. The lowest BCUT2D eigenvalue weighted by atomic mass is 10.2. The van der Waals surface area contributed by atoms with Crippen LogP contribution in [0.1, 0.15) is 24.2 Å². The number of ketones is 1. The first-order valence-electron chi connectivity index (χ1n) is 3.95. The van der Waals surface area contributed by atoms with E-state index < -0.39 is 0 Å². The van der Waals surface area contributed by atoms with Crippen molar-refractivity contribution < 1.29 is 9.59 Å². The van der Waals surface area contributed by atoms with E-state index in [0.29, 0.717) is 16.0 Å². The first-order valence-corrected chi connectivity index (χ1v) is 4.74. The number of carbonyl (C=O) groups excluding carboxylic acids is 2. The topological polar surface area (TPSA) is 59.1 Å². The summed E-state index contributed by atoms with van der Waals surface area (Å²) in [6.07, 6.45) is 0. The van der Waals surface area contributed by atoms with E-state index in [2.05, 4.69) is 26.2 Å². The fraction of sp³-hybridized carbons (Fsp3) is 0.222. The van der Waals surface area contributed by atoms with E-state index in [4.69, 9.17) is 0 Å². The van der Waals surface area contributed by atoms with Crippen molar-refractivity contribution in [1.29, 1.82) is 0 Å². The molecule has 1 aromatic heterocycles. The van der Waals surface area contributed by atoms with E-state index in [1.54, 1.807) is 6.07 Å². The summed E-state index contributed by atoms with van der Waals surface area (Å²) in [5.74, 6) is 0.0851. The van der Waals surface area contributed by atoms with Crippen molar-refractivity contribution in [2.75, 3.05) is 5.32 Å². The molecule has 0 aliphatic carbocycles. The van der Waals surface area contributed by atoms with Gasteiger partial charge >= 0.3 is 0 Å². The number of carbonyl (C=O) groups is 2. The Balaban J connectivity index is 3.07. The third-order valence-corrected chi connectivity index (χ3v) is 1.91. The van der Waals surface area contributed by atoms with Crippen LogP contribution in [0.2, 0.25) is 0 Å². The minimum Gasteiger partial charge on any atom is -0.311 e. The number of hydrogen-bond acceptors (Lipinski definition) is 3. The molecule has 0 radical (unpaired) electrons. The van der Waals surface area contributed by atoms with E-state index in [0.717, 1.165) is 0 Å². The highest BCUT2D eigenvalue weighted by Gasteiger charge is 2.05. The normalized spacial score (nSPS) is 9.64. The van der Waals surface area contributed by atoms with E-state index in [9.17, 15) is 9.59 Å². The number of anilines is 1. The van der Waals surface area contributed by atoms with Gasteiger partial charge in [-0.05, 0) is 35.0 Å². The molecule has 0 atom stereocenters. The quantitative estimate of drug-likeness (QED) is 0.651. The monoisotopic (exact) mass is 256 g/mol. The minimum absolute atomic E-state index is 0.0697. The lowest BCUT2D eigenvalue weighted by Gasteiger charge is -2.03. The number of amides is 1. The molecule has 0 bridgehead atoms. The fourth-order valence-electron chi connectivity index (χ4n) is 0.945. The number of nitrogens with one attached hydrogen (secondary N) is 1. The molecule has 0 aliphatic rings. The number of rotatable bonds is 2. The van der Waals surface area contributed by atoms with Gasteiger partial charge in [-0.3, -0.25) is 9.59 Å². The van der Waals surface area contributed by atoms with Crippen LogP contribution < -0.4 is 5.32 Å². The second-order valence-corrected chi connectivity index (χ2v) is 3.61. The predicted octanol–water partition coefficient (Wildman–Crippen LogP) is 2.01. The van der Waals surface area contributed by atoms with Gasteiger partial charge in [0.15, 0.2) is 5.78 Å². The molecule has 4 nitrogen and oxygen atoms in total. The number of halogens is 1. The summed E-state index contributed by atoms with van der Waals surface area (Å²) in [5, 5.41) is 2.51. The maximum Gasteiger partial charge on any atom is 0.222 e. The van der Waals surface area contributed by atoms with Crippen LogP contribution in [-0.4, -0.2) is 16.7 Å². The summed E-state index contributed by atoms with van der Waals surface area (Å²) >= 11 is 3.16. The Bertz CT molecular complexity index is 390. The van der Waals surface area contributed by atoms with Gasteiger partial charge in [-0.1, -0.05) is 0 Å². The van der Waals surface area contributed by atoms with Crippen molar-refractivity contribution in [2.45, 2.75) is 13.8 Å². The molecule has 1 rings (SSSR count). The molecule has 1 amide bonds. The molecule has 1 heterocycles. The molecule has 0 unspecified atom stereocenters. The Labute approximate surface area is 89.9 Å².